The van der Waals surface area contributed by atoms with Crippen LogP contribution < -0.4 is 4.72 Å². The first-order valence-electron chi connectivity index (χ1n) is 6.10. The number of aromatic nitrogens is 2. The molecule has 0 aliphatic heterocycles. The summed E-state index contributed by atoms with van der Waals surface area (Å²) in [5, 5.41) is 3.77. The van der Waals surface area contributed by atoms with Gasteiger partial charge in [-0.1, -0.05) is 23.7 Å². The Hall–Kier alpha value is -1.44. The van der Waals surface area contributed by atoms with E-state index in [9.17, 15) is 12.8 Å². The van der Waals surface area contributed by atoms with Crippen molar-refractivity contribution in [3.05, 3.63) is 47.0 Å². The topological polar surface area (TPSA) is 64.0 Å². The molecule has 0 aliphatic carbocycles. The Kier molecular flexibility index (Phi) is 4.10. The molecule has 0 spiro atoms. The summed E-state index contributed by atoms with van der Waals surface area (Å²) in [4.78, 5) is 0.0144. The molecule has 8 heteroatoms. The molecule has 0 saturated carbocycles. The first kappa shape index (κ1) is 15.9. The van der Waals surface area contributed by atoms with E-state index in [0.717, 1.165) is 0 Å². The van der Waals surface area contributed by atoms with Gasteiger partial charge in [-0.25, -0.2) is 17.5 Å². The minimum Gasteiger partial charge on any atom is -0.274 e. The predicted molar refractivity (Wildman–Crippen MR) is 78.0 cm³/mol. The van der Waals surface area contributed by atoms with Gasteiger partial charge in [0, 0.05) is 18.8 Å². The van der Waals surface area contributed by atoms with Gasteiger partial charge in [0.05, 0.1) is 16.8 Å². The first-order chi connectivity index (χ1) is 9.63. The van der Waals surface area contributed by atoms with E-state index < -0.39 is 21.4 Å². The number of benzene rings is 1. The highest BCUT2D eigenvalue weighted by molar-refractivity contribution is 7.89. The van der Waals surface area contributed by atoms with Crippen LogP contribution in [0.2, 0.25) is 5.02 Å². The molecule has 0 amide bonds. The van der Waals surface area contributed by atoms with Gasteiger partial charge in [-0.15, -0.1) is 0 Å². The van der Waals surface area contributed by atoms with Crippen molar-refractivity contribution >= 4 is 21.6 Å². The summed E-state index contributed by atoms with van der Waals surface area (Å²) in [6.45, 7) is 3.13. The van der Waals surface area contributed by atoms with Crippen LogP contribution in [0, 0.1) is 5.82 Å². The Balaban J connectivity index is 2.39. The molecule has 0 aliphatic rings. The molecule has 0 unspecified atom stereocenters. The lowest BCUT2D eigenvalue weighted by molar-refractivity contribution is 0.447. The molecule has 0 radical (unpaired) electrons. The van der Waals surface area contributed by atoms with E-state index in [0.29, 0.717) is 0 Å². The standard InChI is InChI=1S/C13H15ClFN3O2S/c1-13(2,10-5-4-6-11(14)12(10)15)17-21(19,20)9-7-16-18(3)8-9/h4-8,17H,1-3H3. The van der Waals surface area contributed by atoms with Crippen LogP contribution in [-0.2, 0) is 22.6 Å². The third-order valence-electron chi connectivity index (χ3n) is 3.01. The second-order valence-electron chi connectivity index (χ2n) is 5.18. The molecule has 0 atom stereocenters. The fourth-order valence-corrected chi connectivity index (χ4v) is 3.53. The maximum atomic E-state index is 14.1. The van der Waals surface area contributed by atoms with Crippen LogP contribution in [0.4, 0.5) is 4.39 Å². The van der Waals surface area contributed by atoms with E-state index in [-0.39, 0.29) is 15.5 Å². The Labute approximate surface area is 127 Å². The van der Waals surface area contributed by atoms with Crippen molar-refractivity contribution in [1.29, 1.82) is 0 Å². The molecule has 0 fully saturated rings. The number of aryl methyl sites for hydroxylation is 1. The van der Waals surface area contributed by atoms with Crippen molar-refractivity contribution in [2.24, 2.45) is 7.05 Å². The third-order valence-corrected chi connectivity index (χ3v) is 4.91. The van der Waals surface area contributed by atoms with Crippen molar-refractivity contribution in [3.63, 3.8) is 0 Å². The molecular weight excluding hydrogens is 317 g/mol. The zero-order valence-corrected chi connectivity index (χ0v) is 13.3. The Morgan fingerprint density at radius 1 is 1.38 bits per heavy atom. The van der Waals surface area contributed by atoms with Crippen LogP contribution in [0.3, 0.4) is 0 Å². The van der Waals surface area contributed by atoms with Crippen LogP contribution in [0.15, 0.2) is 35.5 Å². The maximum absolute atomic E-state index is 14.1. The smallest absolute Gasteiger partial charge is 0.244 e. The molecule has 21 heavy (non-hydrogen) atoms. The van der Waals surface area contributed by atoms with Crippen molar-refractivity contribution in [1.82, 2.24) is 14.5 Å². The molecule has 1 heterocycles. The summed E-state index contributed by atoms with van der Waals surface area (Å²) < 4.78 is 42.6. The zero-order chi connectivity index (χ0) is 15.8. The molecule has 5 nitrogen and oxygen atoms in total. The highest BCUT2D eigenvalue weighted by Gasteiger charge is 2.31. The summed E-state index contributed by atoms with van der Waals surface area (Å²) in [5.41, 5.74) is -0.994. The SMILES string of the molecule is Cn1cc(S(=O)(=O)NC(C)(C)c2cccc(Cl)c2F)cn1. The van der Waals surface area contributed by atoms with E-state index in [4.69, 9.17) is 11.6 Å². The molecule has 2 aromatic rings. The number of nitrogens with zero attached hydrogens (tertiary/aromatic N) is 2. The molecule has 114 valence electrons. The molecule has 1 aromatic heterocycles. The van der Waals surface area contributed by atoms with Gasteiger partial charge >= 0.3 is 0 Å². The predicted octanol–water partition coefficient (Wildman–Crippen LogP) is 2.43. The minimum atomic E-state index is -3.82. The number of rotatable bonds is 4. The van der Waals surface area contributed by atoms with Gasteiger partial charge in [-0.2, -0.15) is 5.10 Å². The van der Waals surface area contributed by atoms with Crippen LogP contribution in [0.25, 0.3) is 0 Å². The summed E-state index contributed by atoms with van der Waals surface area (Å²) in [7, 11) is -2.21. The van der Waals surface area contributed by atoms with Gasteiger partial charge in [0.1, 0.15) is 10.7 Å². The Bertz CT molecular complexity index is 771. The second kappa shape index (κ2) is 5.40. The van der Waals surface area contributed by atoms with Gasteiger partial charge in [-0.05, 0) is 19.9 Å². The molecule has 2 rings (SSSR count). The van der Waals surface area contributed by atoms with Gasteiger partial charge in [-0.3, -0.25) is 4.68 Å². The number of sulfonamides is 1. The average Bonchev–Trinajstić information content (AvgIpc) is 2.79. The molecule has 1 N–H and O–H groups in total. The van der Waals surface area contributed by atoms with E-state index in [1.165, 1.54) is 29.2 Å². The molecule has 1 aromatic carbocycles. The average molecular weight is 332 g/mol. The van der Waals surface area contributed by atoms with Gasteiger partial charge < -0.3 is 0 Å². The summed E-state index contributed by atoms with van der Waals surface area (Å²) in [6, 6.07) is 4.47. The molecule has 0 saturated heterocycles. The van der Waals surface area contributed by atoms with E-state index in [1.54, 1.807) is 27.0 Å². The highest BCUT2D eigenvalue weighted by atomic mass is 35.5. The maximum Gasteiger partial charge on any atom is 0.244 e. The fraction of sp³-hybridized carbons (Fsp3) is 0.308. The minimum absolute atomic E-state index is 0.0144. The second-order valence-corrected chi connectivity index (χ2v) is 7.27. The summed E-state index contributed by atoms with van der Waals surface area (Å²) >= 11 is 5.75. The van der Waals surface area contributed by atoms with Crippen molar-refractivity contribution in [3.8, 4) is 0 Å². The lowest BCUT2D eigenvalue weighted by Gasteiger charge is -2.26. The summed E-state index contributed by atoms with van der Waals surface area (Å²) in [5.74, 6) is -0.641. The van der Waals surface area contributed by atoms with Crippen LogP contribution in [0.1, 0.15) is 19.4 Å². The van der Waals surface area contributed by atoms with Gasteiger partial charge in [0.25, 0.3) is 0 Å². The molecule has 0 bridgehead atoms. The lowest BCUT2D eigenvalue weighted by atomic mass is 9.95. The van der Waals surface area contributed by atoms with Crippen molar-refractivity contribution in [2.75, 3.05) is 0 Å². The lowest BCUT2D eigenvalue weighted by Crippen LogP contribution is -2.41. The highest BCUT2D eigenvalue weighted by Crippen LogP contribution is 2.29. The fourth-order valence-electron chi connectivity index (χ4n) is 1.97. The molecular formula is C13H15ClFN3O2S. The number of nitrogens with one attached hydrogen (secondary N) is 1. The van der Waals surface area contributed by atoms with Crippen molar-refractivity contribution in [2.45, 2.75) is 24.3 Å². The van der Waals surface area contributed by atoms with E-state index >= 15 is 0 Å². The number of hydrogen-bond acceptors (Lipinski definition) is 3. The monoisotopic (exact) mass is 331 g/mol. The van der Waals surface area contributed by atoms with E-state index in [2.05, 4.69) is 9.82 Å². The first-order valence-corrected chi connectivity index (χ1v) is 7.97. The Morgan fingerprint density at radius 3 is 2.62 bits per heavy atom. The number of hydrogen-bond donors (Lipinski definition) is 1. The normalized spacial score (nSPS) is 12.6. The third kappa shape index (κ3) is 3.25. The summed E-state index contributed by atoms with van der Waals surface area (Å²) in [6.07, 6.45) is 2.60. The van der Waals surface area contributed by atoms with Crippen LogP contribution >= 0.6 is 11.6 Å². The van der Waals surface area contributed by atoms with Crippen molar-refractivity contribution < 1.29 is 12.8 Å². The van der Waals surface area contributed by atoms with Gasteiger partial charge in [0.15, 0.2) is 0 Å². The largest absolute Gasteiger partial charge is 0.274 e. The Morgan fingerprint density at radius 2 is 2.05 bits per heavy atom. The van der Waals surface area contributed by atoms with Gasteiger partial charge in [0.2, 0.25) is 10.0 Å². The van der Waals surface area contributed by atoms with Crippen LogP contribution in [0.5, 0.6) is 0 Å². The van der Waals surface area contributed by atoms with Crippen LogP contribution in [-0.4, -0.2) is 18.2 Å². The quantitative estimate of drug-likeness (QED) is 0.935. The number of halogens is 2. The van der Waals surface area contributed by atoms with E-state index in [1.807, 2.05) is 0 Å². The zero-order valence-electron chi connectivity index (χ0n) is 11.8.